The second-order valence-corrected chi connectivity index (χ2v) is 11.5. The zero-order valence-corrected chi connectivity index (χ0v) is 25.0. The van der Waals surface area contributed by atoms with Crippen molar-refractivity contribution in [2.45, 2.75) is 44.8 Å². The molecule has 0 unspecified atom stereocenters. The molecular weight excluding hydrogens is 616 g/mol. The number of halogens is 4. The van der Waals surface area contributed by atoms with Crippen LogP contribution in [-0.2, 0) is 30.6 Å². The highest BCUT2D eigenvalue weighted by atomic mass is 19.4. The summed E-state index contributed by atoms with van der Waals surface area (Å²) in [5.74, 6) is -0.273. The van der Waals surface area contributed by atoms with E-state index >= 15 is 0 Å². The molecule has 5 heterocycles. The molecule has 240 valence electrons. The number of fused-ring (bicyclic) bond motifs is 1. The van der Waals surface area contributed by atoms with Gasteiger partial charge in [-0.1, -0.05) is 24.3 Å². The normalized spacial score (nSPS) is 16.9. The van der Waals surface area contributed by atoms with E-state index in [2.05, 4.69) is 31.1 Å². The molecule has 0 spiro atoms. The number of nitriles is 1. The minimum atomic E-state index is -4.63. The van der Waals surface area contributed by atoms with E-state index in [1.807, 2.05) is 34.9 Å². The van der Waals surface area contributed by atoms with Crippen molar-refractivity contribution >= 4 is 16.7 Å². The van der Waals surface area contributed by atoms with Crippen molar-refractivity contribution in [3.8, 4) is 23.2 Å². The first-order valence-electron chi connectivity index (χ1n) is 15.0. The average Bonchev–Trinajstić information content (AvgIpc) is 3.68. The summed E-state index contributed by atoms with van der Waals surface area (Å²) in [7, 11) is 0. The minimum Gasteiger partial charge on any atom is -0.489 e. The number of imidazole rings is 1. The Kier molecular flexibility index (Phi) is 8.17. The van der Waals surface area contributed by atoms with Gasteiger partial charge < -0.3 is 19.0 Å². The molecule has 0 amide bonds. The summed E-state index contributed by atoms with van der Waals surface area (Å²) in [6.45, 7) is 3.32. The molecule has 14 heteroatoms. The first-order chi connectivity index (χ1) is 22.7. The number of benzene rings is 2. The van der Waals surface area contributed by atoms with Gasteiger partial charge in [0.2, 0.25) is 5.82 Å². The van der Waals surface area contributed by atoms with Crippen molar-refractivity contribution in [1.82, 2.24) is 34.6 Å². The number of ether oxygens (including phenoxy) is 2. The van der Waals surface area contributed by atoms with Crippen LogP contribution in [-0.4, -0.2) is 60.4 Å². The van der Waals surface area contributed by atoms with Gasteiger partial charge in [-0.3, -0.25) is 4.90 Å². The summed E-state index contributed by atoms with van der Waals surface area (Å²) in [6.07, 6.45) is 0.774. The number of hydrogen-bond donors (Lipinski definition) is 1. The summed E-state index contributed by atoms with van der Waals surface area (Å²) >= 11 is 0. The van der Waals surface area contributed by atoms with Crippen LogP contribution < -0.4 is 4.74 Å². The summed E-state index contributed by atoms with van der Waals surface area (Å²) in [6, 6.07) is 15.6. The summed E-state index contributed by atoms with van der Waals surface area (Å²) in [4.78, 5) is 13.9. The zero-order chi connectivity index (χ0) is 32.5. The van der Waals surface area contributed by atoms with Crippen molar-refractivity contribution in [2.24, 2.45) is 0 Å². The van der Waals surface area contributed by atoms with Crippen LogP contribution >= 0.6 is 0 Å². The fraction of sp³-hybridized carbons (Fsp3) is 0.303. The number of aromatic nitrogens is 6. The van der Waals surface area contributed by atoms with Crippen LogP contribution in [0.5, 0.6) is 5.75 Å². The zero-order valence-electron chi connectivity index (χ0n) is 25.0. The molecule has 10 nitrogen and oxygen atoms in total. The molecule has 0 saturated carbocycles. The highest BCUT2D eigenvalue weighted by Gasteiger charge is 2.35. The van der Waals surface area contributed by atoms with E-state index in [0.29, 0.717) is 54.3 Å². The third kappa shape index (κ3) is 6.58. The Morgan fingerprint density at radius 3 is 2.68 bits per heavy atom. The fourth-order valence-corrected chi connectivity index (χ4v) is 5.65. The number of H-pyrrole nitrogens is 1. The van der Waals surface area contributed by atoms with Crippen LogP contribution in [0, 0.1) is 17.1 Å². The van der Waals surface area contributed by atoms with E-state index in [9.17, 15) is 17.6 Å². The van der Waals surface area contributed by atoms with Crippen LogP contribution in [0.2, 0.25) is 0 Å². The molecular formula is C33H28F4N8O2. The highest BCUT2D eigenvalue weighted by molar-refractivity contribution is 5.77. The molecule has 47 heavy (non-hydrogen) atoms. The topological polar surface area (TPSA) is 118 Å². The highest BCUT2D eigenvalue weighted by Crippen LogP contribution is 2.30. The SMILES string of the molecule is N#Cc1ccc(COc2cccc(C3=CCN(Cc4nc5cc(-c6nnc(C(F)(F)F)[nH]6)cnc5n4C[C@@H]4CCO4)CC3)c2)c(F)c1. The molecule has 0 aliphatic carbocycles. The van der Waals surface area contributed by atoms with Crippen LogP contribution in [0.3, 0.4) is 0 Å². The van der Waals surface area contributed by atoms with Gasteiger partial charge in [-0.25, -0.2) is 14.4 Å². The van der Waals surface area contributed by atoms with E-state index in [-0.39, 0.29) is 24.1 Å². The second-order valence-electron chi connectivity index (χ2n) is 11.5. The van der Waals surface area contributed by atoms with Gasteiger partial charge in [0.1, 0.15) is 29.5 Å². The lowest BCUT2D eigenvalue weighted by Crippen LogP contribution is -2.33. The summed E-state index contributed by atoms with van der Waals surface area (Å²) in [5, 5.41) is 15.8. The third-order valence-corrected chi connectivity index (χ3v) is 8.31. The maximum atomic E-state index is 14.3. The first-order valence-corrected chi connectivity index (χ1v) is 15.0. The average molecular weight is 645 g/mol. The maximum Gasteiger partial charge on any atom is 0.451 e. The third-order valence-electron chi connectivity index (χ3n) is 8.31. The van der Waals surface area contributed by atoms with Gasteiger partial charge in [0.05, 0.1) is 30.8 Å². The molecule has 0 radical (unpaired) electrons. The largest absolute Gasteiger partial charge is 0.489 e. The van der Waals surface area contributed by atoms with Crippen molar-refractivity contribution in [3.63, 3.8) is 0 Å². The van der Waals surface area contributed by atoms with Crippen LogP contribution in [0.1, 0.15) is 41.2 Å². The Hall–Kier alpha value is -5.13. The number of hydrogen-bond acceptors (Lipinski definition) is 8. The molecule has 1 atom stereocenters. The van der Waals surface area contributed by atoms with E-state index in [0.717, 1.165) is 30.8 Å². The van der Waals surface area contributed by atoms with E-state index < -0.39 is 17.8 Å². The Balaban J connectivity index is 1.06. The van der Waals surface area contributed by atoms with Gasteiger partial charge in [0.25, 0.3) is 0 Å². The quantitative estimate of drug-likeness (QED) is 0.197. The minimum absolute atomic E-state index is 0.0327. The molecule has 2 aliphatic rings. The predicted molar refractivity (Wildman–Crippen MR) is 162 cm³/mol. The summed E-state index contributed by atoms with van der Waals surface area (Å²) in [5.41, 5.74) is 4.36. The molecule has 1 fully saturated rings. The number of nitrogens with one attached hydrogen (secondary N) is 1. The lowest BCUT2D eigenvalue weighted by Gasteiger charge is -2.29. The van der Waals surface area contributed by atoms with Crippen molar-refractivity contribution in [2.75, 3.05) is 19.7 Å². The Bertz CT molecular complexity index is 2010. The number of nitrogens with zero attached hydrogens (tertiary/aromatic N) is 7. The molecule has 2 aromatic carbocycles. The Morgan fingerprint density at radius 2 is 1.98 bits per heavy atom. The molecule has 1 N–H and O–H groups in total. The Morgan fingerprint density at radius 1 is 1.11 bits per heavy atom. The van der Waals surface area contributed by atoms with Gasteiger partial charge >= 0.3 is 6.18 Å². The molecule has 3 aromatic heterocycles. The standard InChI is InChI=1S/C33H28F4N8O2/c34-27-12-20(15-38)4-5-23(27)19-47-25-3-1-2-22(13-25)21-6-9-44(10-7-21)18-29-40-28-14-24(30-41-32(43-42-30)33(35,36)37)16-39-31(28)45(29)17-26-8-11-46-26/h1-6,12-14,16,26H,7-11,17-19H2,(H,41,42,43)/t26-/m0/s1. The lowest BCUT2D eigenvalue weighted by atomic mass is 9.99. The molecule has 0 bridgehead atoms. The molecule has 5 aromatic rings. The van der Waals surface area contributed by atoms with E-state index in [1.54, 1.807) is 18.2 Å². The van der Waals surface area contributed by atoms with Crippen LogP contribution in [0.15, 0.2) is 60.8 Å². The van der Waals surface area contributed by atoms with Crippen molar-refractivity contribution in [1.29, 1.82) is 5.26 Å². The smallest absolute Gasteiger partial charge is 0.451 e. The van der Waals surface area contributed by atoms with Crippen molar-refractivity contribution < 1.29 is 27.0 Å². The fourth-order valence-electron chi connectivity index (χ4n) is 5.65. The van der Waals surface area contributed by atoms with E-state index in [1.165, 1.54) is 17.8 Å². The molecule has 2 aliphatic heterocycles. The second kappa shape index (κ2) is 12.6. The predicted octanol–water partition coefficient (Wildman–Crippen LogP) is 5.90. The van der Waals surface area contributed by atoms with E-state index in [4.69, 9.17) is 19.7 Å². The number of alkyl halides is 3. The Labute approximate surface area is 266 Å². The molecule has 7 rings (SSSR count). The lowest BCUT2D eigenvalue weighted by molar-refractivity contribution is -0.144. The van der Waals surface area contributed by atoms with Gasteiger partial charge in [0, 0.05) is 37.0 Å². The van der Waals surface area contributed by atoms with Gasteiger partial charge in [-0.15, -0.1) is 10.2 Å². The summed E-state index contributed by atoms with van der Waals surface area (Å²) < 4.78 is 67.1. The maximum absolute atomic E-state index is 14.3. The molecule has 1 saturated heterocycles. The van der Waals surface area contributed by atoms with Crippen LogP contribution in [0.25, 0.3) is 28.1 Å². The van der Waals surface area contributed by atoms with Gasteiger partial charge in [-0.2, -0.15) is 18.4 Å². The number of pyridine rings is 1. The van der Waals surface area contributed by atoms with Gasteiger partial charge in [0.15, 0.2) is 11.5 Å². The number of aromatic amines is 1. The first kappa shape index (κ1) is 30.5. The van der Waals surface area contributed by atoms with Gasteiger partial charge in [-0.05, 0) is 54.3 Å². The van der Waals surface area contributed by atoms with Crippen LogP contribution in [0.4, 0.5) is 17.6 Å². The van der Waals surface area contributed by atoms with Crippen molar-refractivity contribution in [3.05, 3.63) is 95.0 Å². The number of rotatable bonds is 9. The monoisotopic (exact) mass is 644 g/mol.